The molecule has 0 amide bonds. The maximum Gasteiger partial charge on any atom is 0.129 e. The number of aliphatic hydroxyl groups is 1. The average Bonchev–Trinajstić information content (AvgIpc) is 2.03. The molecular weight excluding hydrogens is 284 g/mol. The van der Waals surface area contributed by atoms with Gasteiger partial charge in [-0.05, 0) is 41.6 Å². The maximum absolute atomic E-state index is 13.3. The Morgan fingerprint density at radius 2 is 2.15 bits per heavy atom. The Kier molecular flexibility index (Phi) is 3.63. The zero-order valence-corrected chi connectivity index (χ0v) is 9.32. The molecule has 0 aromatic heterocycles. The molecule has 0 bridgehead atoms. The molecule has 0 aliphatic carbocycles. The van der Waals surface area contributed by atoms with Crippen LogP contribution in [0.1, 0.15) is 18.5 Å². The van der Waals surface area contributed by atoms with E-state index in [-0.39, 0.29) is 5.82 Å². The molecule has 0 spiro atoms. The first kappa shape index (κ1) is 10.9. The van der Waals surface area contributed by atoms with Crippen molar-refractivity contribution in [1.82, 2.24) is 0 Å². The third-order valence-corrected chi connectivity index (χ3v) is 2.79. The normalized spacial score (nSPS) is 15.5. The monoisotopic (exact) mass is 295 g/mol. The number of hydrogen-bond donors (Lipinski definition) is 2. The van der Waals surface area contributed by atoms with Crippen molar-refractivity contribution in [3.8, 4) is 0 Å². The Balaban J connectivity index is 3.12. The van der Waals surface area contributed by atoms with Gasteiger partial charge in [0.2, 0.25) is 0 Å². The molecule has 2 atom stereocenters. The molecule has 1 aromatic rings. The van der Waals surface area contributed by atoms with Crippen LogP contribution in [0.4, 0.5) is 4.39 Å². The van der Waals surface area contributed by atoms with Gasteiger partial charge < -0.3 is 10.8 Å². The van der Waals surface area contributed by atoms with Crippen LogP contribution in [0.25, 0.3) is 0 Å². The summed E-state index contributed by atoms with van der Waals surface area (Å²) in [5.41, 5.74) is 6.03. The lowest BCUT2D eigenvalue weighted by Crippen LogP contribution is -2.25. The van der Waals surface area contributed by atoms with Crippen LogP contribution in [-0.4, -0.2) is 11.2 Å². The lowest BCUT2D eigenvalue weighted by atomic mass is 10.0. The van der Waals surface area contributed by atoms with Crippen molar-refractivity contribution in [1.29, 1.82) is 0 Å². The second-order valence-corrected chi connectivity index (χ2v) is 4.06. The SMILES string of the molecule is CC(O)C(N)c1c(F)cccc1I. The summed E-state index contributed by atoms with van der Waals surface area (Å²) in [7, 11) is 0. The summed E-state index contributed by atoms with van der Waals surface area (Å²) in [5.74, 6) is -0.361. The van der Waals surface area contributed by atoms with Crippen molar-refractivity contribution in [3.63, 3.8) is 0 Å². The zero-order chi connectivity index (χ0) is 10.0. The highest BCUT2D eigenvalue weighted by atomic mass is 127. The lowest BCUT2D eigenvalue weighted by molar-refractivity contribution is 0.162. The molecule has 2 unspecified atom stereocenters. The second kappa shape index (κ2) is 4.34. The van der Waals surface area contributed by atoms with Gasteiger partial charge in [-0.2, -0.15) is 0 Å². The third-order valence-electron chi connectivity index (χ3n) is 1.85. The van der Waals surface area contributed by atoms with Gasteiger partial charge >= 0.3 is 0 Å². The summed E-state index contributed by atoms with van der Waals surface area (Å²) in [6, 6.07) is 4.07. The average molecular weight is 295 g/mol. The first-order valence-corrected chi connectivity index (χ1v) is 4.99. The molecule has 2 nitrogen and oxygen atoms in total. The maximum atomic E-state index is 13.3. The van der Waals surface area contributed by atoms with Crippen LogP contribution < -0.4 is 5.73 Å². The molecule has 13 heavy (non-hydrogen) atoms. The van der Waals surface area contributed by atoms with E-state index >= 15 is 0 Å². The number of benzene rings is 1. The summed E-state index contributed by atoms with van der Waals surface area (Å²) in [5, 5.41) is 9.23. The number of nitrogens with two attached hydrogens (primary N) is 1. The molecule has 0 aliphatic heterocycles. The first-order chi connectivity index (χ1) is 6.04. The van der Waals surface area contributed by atoms with Crippen LogP contribution >= 0.6 is 22.6 Å². The van der Waals surface area contributed by atoms with E-state index < -0.39 is 12.1 Å². The van der Waals surface area contributed by atoms with Gasteiger partial charge in [0.1, 0.15) is 5.82 Å². The van der Waals surface area contributed by atoms with Crippen molar-refractivity contribution in [2.45, 2.75) is 19.1 Å². The van der Waals surface area contributed by atoms with Crippen LogP contribution in [-0.2, 0) is 0 Å². The number of aliphatic hydroxyl groups excluding tert-OH is 1. The predicted octanol–water partition coefficient (Wildman–Crippen LogP) is 1.81. The molecule has 0 aliphatic rings. The Morgan fingerprint density at radius 1 is 1.54 bits per heavy atom. The molecule has 3 N–H and O–H groups in total. The number of hydrogen-bond acceptors (Lipinski definition) is 2. The van der Waals surface area contributed by atoms with Crippen LogP contribution in [0.2, 0.25) is 0 Å². The molecule has 0 radical (unpaired) electrons. The summed E-state index contributed by atoms with van der Waals surface area (Å²) >= 11 is 2.00. The number of rotatable bonds is 2. The highest BCUT2D eigenvalue weighted by Crippen LogP contribution is 2.23. The lowest BCUT2D eigenvalue weighted by Gasteiger charge is -2.17. The van der Waals surface area contributed by atoms with Crippen molar-refractivity contribution in [2.75, 3.05) is 0 Å². The molecule has 1 aromatic carbocycles. The van der Waals surface area contributed by atoms with E-state index in [0.29, 0.717) is 5.56 Å². The number of halogens is 2. The van der Waals surface area contributed by atoms with E-state index in [9.17, 15) is 9.50 Å². The summed E-state index contributed by atoms with van der Waals surface area (Å²) in [6.07, 6.45) is -0.745. The van der Waals surface area contributed by atoms with E-state index in [1.165, 1.54) is 6.07 Å². The smallest absolute Gasteiger partial charge is 0.129 e. The van der Waals surface area contributed by atoms with Gasteiger partial charge in [0, 0.05) is 9.13 Å². The third kappa shape index (κ3) is 2.38. The van der Waals surface area contributed by atoms with Crippen LogP contribution in [0, 0.1) is 9.39 Å². The molecule has 72 valence electrons. The predicted molar refractivity (Wildman–Crippen MR) is 57.7 cm³/mol. The van der Waals surface area contributed by atoms with Crippen LogP contribution in [0.5, 0.6) is 0 Å². The van der Waals surface area contributed by atoms with Gasteiger partial charge in [0.25, 0.3) is 0 Å². The Morgan fingerprint density at radius 3 is 2.62 bits per heavy atom. The van der Waals surface area contributed by atoms with Gasteiger partial charge in [0.05, 0.1) is 12.1 Å². The van der Waals surface area contributed by atoms with Crippen molar-refractivity contribution >= 4 is 22.6 Å². The zero-order valence-electron chi connectivity index (χ0n) is 7.17. The minimum absolute atomic E-state index is 0.361. The molecule has 1 rings (SSSR count). The van der Waals surface area contributed by atoms with E-state index in [0.717, 1.165) is 3.57 Å². The molecule has 0 fully saturated rings. The fourth-order valence-electron chi connectivity index (χ4n) is 1.07. The van der Waals surface area contributed by atoms with Crippen LogP contribution in [0.15, 0.2) is 18.2 Å². The fourth-order valence-corrected chi connectivity index (χ4v) is 1.90. The highest BCUT2D eigenvalue weighted by molar-refractivity contribution is 14.1. The van der Waals surface area contributed by atoms with Crippen molar-refractivity contribution < 1.29 is 9.50 Å². The minimum atomic E-state index is -0.745. The van der Waals surface area contributed by atoms with E-state index in [1.807, 2.05) is 22.6 Å². The molecule has 0 saturated carbocycles. The van der Waals surface area contributed by atoms with E-state index in [1.54, 1.807) is 19.1 Å². The van der Waals surface area contributed by atoms with Crippen molar-refractivity contribution in [2.24, 2.45) is 5.73 Å². The second-order valence-electron chi connectivity index (χ2n) is 2.90. The van der Waals surface area contributed by atoms with Gasteiger partial charge in [-0.15, -0.1) is 0 Å². The Hall–Kier alpha value is -0.200. The minimum Gasteiger partial charge on any atom is -0.391 e. The molecule has 4 heteroatoms. The Labute approximate surface area is 90.1 Å². The van der Waals surface area contributed by atoms with E-state index in [4.69, 9.17) is 5.73 Å². The quantitative estimate of drug-likeness (QED) is 0.817. The van der Waals surface area contributed by atoms with Crippen molar-refractivity contribution in [3.05, 3.63) is 33.1 Å². The molecule has 0 saturated heterocycles. The largest absolute Gasteiger partial charge is 0.391 e. The first-order valence-electron chi connectivity index (χ1n) is 3.91. The van der Waals surface area contributed by atoms with Gasteiger partial charge in [-0.25, -0.2) is 4.39 Å². The summed E-state index contributed by atoms with van der Waals surface area (Å²) < 4.78 is 14.0. The Bertz CT molecular complexity index is 283. The topological polar surface area (TPSA) is 46.2 Å². The standard InChI is InChI=1S/C9H11FINO/c1-5(13)9(12)8-6(10)3-2-4-7(8)11/h2-5,9,13H,12H2,1H3. The van der Waals surface area contributed by atoms with E-state index in [2.05, 4.69) is 0 Å². The molecular formula is C9H11FINO. The molecule has 0 heterocycles. The van der Waals surface area contributed by atoms with Crippen LogP contribution in [0.3, 0.4) is 0 Å². The van der Waals surface area contributed by atoms with Gasteiger partial charge in [-0.3, -0.25) is 0 Å². The summed E-state index contributed by atoms with van der Waals surface area (Å²) in [4.78, 5) is 0. The van der Waals surface area contributed by atoms with Gasteiger partial charge in [-0.1, -0.05) is 6.07 Å². The fraction of sp³-hybridized carbons (Fsp3) is 0.333. The highest BCUT2D eigenvalue weighted by Gasteiger charge is 2.18. The van der Waals surface area contributed by atoms with Gasteiger partial charge in [0.15, 0.2) is 0 Å². The summed E-state index contributed by atoms with van der Waals surface area (Å²) in [6.45, 7) is 1.55.